The summed E-state index contributed by atoms with van der Waals surface area (Å²) in [7, 11) is 3.11. The number of methoxy groups -OCH3 is 1. The van der Waals surface area contributed by atoms with Crippen molar-refractivity contribution in [1.82, 2.24) is 19.8 Å². The molecule has 1 aliphatic rings. The molecule has 0 spiro atoms. The summed E-state index contributed by atoms with van der Waals surface area (Å²) in [6, 6.07) is 12.6. The van der Waals surface area contributed by atoms with Crippen molar-refractivity contribution in [2.75, 3.05) is 20.7 Å². The fourth-order valence-corrected chi connectivity index (χ4v) is 4.25. The van der Waals surface area contributed by atoms with Crippen molar-refractivity contribution in [3.63, 3.8) is 0 Å². The van der Waals surface area contributed by atoms with Crippen LogP contribution in [0.4, 0.5) is 4.79 Å². The third-order valence-electron chi connectivity index (χ3n) is 6.16. The highest BCUT2D eigenvalue weighted by atomic mass is 16.5. The van der Waals surface area contributed by atoms with Crippen molar-refractivity contribution in [3.05, 3.63) is 64.8 Å². The highest BCUT2D eigenvalue weighted by molar-refractivity contribution is 5.94. The first-order chi connectivity index (χ1) is 15.8. The van der Waals surface area contributed by atoms with Gasteiger partial charge >= 0.3 is 6.03 Å². The Morgan fingerprint density at radius 1 is 1.15 bits per heavy atom. The third kappa shape index (κ3) is 4.14. The number of nitrogens with one attached hydrogen (secondary N) is 1. The van der Waals surface area contributed by atoms with Crippen LogP contribution in [-0.4, -0.2) is 58.1 Å². The summed E-state index contributed by atoms with van der Waals surface area (Å²) in [4.78, 5) is 39.0. The van der Waals surface area contributed by atoms with Gasteiger partial charge in [-0.2, -0.15) is 0 Å². The Bertz CT molecular complexity index is 1230. The second-order valence-electron chi connectivity index (χ2n) is 8.06. The molecule has 0 saturated heterocycles. The first-order valence-corrected chi connectivity index (χ1v) is 10.6. The smallest absolute Gasteiger partial charge is 0.326 e. The van der Waals surface area contributed by atoms with Crippen LogP contribution in [0.3, 0.4) is 0 Å². The Balaban J connectivity index is 1.75. The number of fused-ring (bicyclic) bond motifs is 3. The Kier molecular flexibility index (Phi) is 6.06. The molecule has 1 aliphatic heterocycles. The molecule has 0 bridgehead atoms. The molecule has 4 amide bonds. The van der Waals surface area contributed by atoms with Gasteiger partial charge in [-0.15, -0.1) is 0 Å². The molecule has 33 heavy (non-hydrogen) atoms. The number of hydrogen-bond acceptors (Lipinski definition) is 5. The number of urea groups is 1. The highest BCUT2D eigenvalue weighted by Gasteiger charge is 2.29. The Labute approximate surface area is 191 Å². The Morgan fingerprint density at radius 3 is 2.52 bits per heavy atom. The zero-order chi connectivity index (χ0) is 23.7. The van der Waals surface area contributed by atoms with Gasteiger partial charge in [-0.3, -0.25) is 19.7 Å². The van der Waals surface area contributed by atoms with Crippen molar-refractivity contribution < 1.29 is 24.3 Å². The van der Waals surface area contributed by atoms with Crippen LogP contribution < -0.4 is 10.2 Å². The van der Waals surface area contributed by atoms with Crippen LogP contribution in [0.25, 0.3) is 10.9 Å². The van der Waals surface area contributed by atoms with Gasteiger partial charge in [0, 0.05) is 49.8 Å². The molecule has 0 radical (unpaired) electrons. The van der Waals surface area contributed by atoms with Crippen molar-refractivity contribution in [1.29, 1.82) is 0 Å². The number of carbonyl (C=O) groups excluding carboxylic acids is 3. The van der Waals surface area contributed by atoms with E-state index in [1.165, 1.54) is 19.5 Å². The molecule has 2 N–H and O–H groups in total. The van der Waals surface area contributed by atoms with Crippen molar-refractivity contribution in [2.45, 2.75) is 26.4 Å². The average Bonchev–Trinajstić information content (AvgIpc) is 3.14. The summed E-state index contributed by atoms with van der Waals surface area (Å²) >= 11 is 0. The van der Waals surface area contributed by atoms with Gasteiger partial charge in [-0.25, -0.2) is 10.3 Å². The summed E-state index contributed by atoms with van der Waals surface area (Å²) in [5.41, 5.74) is 6.12. The minimum absolute atomic E-state index is 0.303. The lowest BCUT2D eigenvalue weighted by Crippen LogP contribution is -2.45. The molecule has 0 unspecified atom stereocenters. The molecule has 9 heteroatoms. The summed E-state index contributed by atoms with van der Waals surface area (Å²) in [6.45, 7) is 2.80. The number of hydrogen-bond donors (Lipinski definition) is 2. The number of carbonyl (C=O) groups is 3. The minimum atomic E-state index is -0.571. The van der Waals surface area contributed by atoms with E-state index < -0.39 is 5.91 Å². The molecule has 0 saturated carbocycles. The number of amides is 4. The highest BCUT2D eigenvalue weighted by Crippen LogP contribution is 2.34. The molecule has 0 atom stereocenters. The number of nitrogens with zero attached hydrogens (tertiary/aromatic N) is 3. The molecule has 0 aliphatic carbocycles. The van der Waals surface area contributed by atoms with E-state index in [0.29, 0.717) is 31.6 Å². The lowest BCUT2D eigenvalue weighted by molar-refractivity contribution is -0.125. The maximum atomic E-state index is 12.8. The molecule has 1 aromatic heterocycles. The van der Waals surface area contributed by atoms with Gasteiger partial charge in [-0.1, -0.05) is 12.1 Å². The number of ether oxygens (including phenoxy) is 1. The molecule has 2 aromatic carbocycles. The van der Waals surface area contributed by atoms with E-state index in [9.17, 15) is 14.4 Å². The standard InChI is InChI=1S/C24H26N4O5/c1-15(29)26(2)24(31)27-11-10-20-19-9-8-18(33-3)12-21(19)28(22(20)14-27)13-16-4-6-17(7-5-16)23(30)25-32/h4-9,12,32H,10-11,13-14H2,1-3H3,(H,25,30). The summed E-state index contributed by atoms with van der Waals surface area (Å²) < 4.78 is 7.60. The second-order valence-corrected chi connectivity index (χ2v) is 8.06. The van der Waals surface area contributed by atoms with Gasteiger partial charge in [0.15, 0.2) is 0 Å². The molecular weight excluding hydrogens is 424 g/mol. The van der Waals surface area contributed by atoms with E-state index in [-0.39, 0.29) is 11.9 Å². The normalized spacial score (nSPS) is 12.9. The number of benzene rings is 2. The predicted octanol–water partition coefficient (Wildman–Crippen LogP) is 2.77. The van der Waals surface area contributed by atoms with Gasteiger partial charge in [0.25, 0.3) is 5.91 Å². The molecule has 0 fully saturated rings. The van der Waals surface area contributed by atoms with Crippen LogP contribution in [0.5, 0.6) is 5.75 Å². The van der Waals surface area contributed by atoms with E-state index in [4.69, 9.17) is 9.94 Å². The van der Waals surface area contributed by atoms with Crippen molar-refractivity contribution >= 4 is 28.7 Å². The van der Waals surface area contributed by atoms with Gasteiger partial charge in [-0.05, 0) is 41.8 Å². The number of aromatic nitrogens is 1. The Hall–Kier alpha value is -3.85. The first kappa shape index (κ1) is 22.3. The van der Waals surface area contributed by atoms with Crippen LogP contribution in [0.1, 0.15) is 34.1 Å². The van der Waals surface area contributed by atoms with E-state index in [0.717, 1.165) is 32.8 Å². The van der Waals surface area contributed by atoms with Crippen molar-refractivity contribution in [3.8, 4) is 5.75 Å². The van der Waals surface area contributed by atoms with Crippen LogP contribution in [0.2, 0.25) is 0 Å². The molecule has 2 heterocycles. The zero-order valence-electron chi connectivity index (χ0n) is 18.8. The van der Waals surface area contributed by atoms with Crippen LogP contribution in [0.15, 0.2) is 42.5 Å². The molecule has 172 valence electrons. The maximum Gasteiger partial charge on any atom is 0.326 e. The number of rotatable bonds is 4. The SMILES string of the molecule is COc1ccc2c3c(n(Cc4ccc(C(=O)NO)cc4)c2c1)CN(C(=O)N(C)C(C)=O)CC3. The van der Waals surface area contributed by atoms with E-state index in [1.807, 2.05) is 30.3 Å². The lowest BCUT2D eigenvalue weighted by Gasteiger charge is -2.31. The van der Waals surface area contributed by atoms with Crippen LogP contribution in [0, 0.1) is 0 Å². The van der Waals surface area contributed by atoms with Gasteiger partial charge in [0.2, 0.25) is 5.91 Å². The maximum absolute atomic E-state index is 12.8. The average molecular weight is 450 g/mol. The van der Waals surface area contributed by atoms with Gasteiger partial charge in [0.05, 0.1) is 19.2 Å². The third-order valence-corrected chi connectivity index (χ3v) is 6.16. The number of hydroxylamine groups is 1. The monoisotopic (exact) mass is 450 g/mol. The molecule has 4 rings (SSSR count). The summed E-state index contributed by atoms with van der Waals surface area (Å²) in [6.07, 6.45) is 0.679. The number of imide groups is 1. The quantitative estimate of drug-likeness (QED) is 0.470. The molecule has 3 aromatic rings. The Morgan fingerprint density at radius 2 is 1.88 bits per heavy atom. The largest absolute Gasteiger partial charge is 0.497 e. The van der Waals surface area contributed by atoms with Crippen LogP contribution in [-0.2, 0) is 24.3 Å². The predicted molar refractivity (Wildman–Crippen MR) is 121 cm³/mol. The molecular formula is C24H26N4O5. The lowest BCUT2D eigenvalue weighted by atomic mass is 10.0. The topological polar surface area (TPSA) is 104 Å². The summed E-state index contributed by atoms with van der Waals surface area (Å²) in [5.74, 6) is -0.139. The van der Waals surface area contributed by atoms with Crippen molar-refractivity contribution in [2.24, 2.45) is 0 Å². The molecule has 9 nitrogen and oxygen atoms in total. The van der Waals surface area contributed by atoms with E-state index >= 15 is 0 Å². The van der Waals surface area contributed by atoms with E-state index in [2.05, 4.69) is 4.57 Å². The second kappa shape index (κ2) is 8.95. The van der Waals surface area contributed by atoms with Gasteiger partial charge in [0.1, 0.15) is 5.75 Å². The first-order valence-electron chi connectivity index (χ1n) is 10.6. The fourth-order valence-electron chi connectivity index (χ4n) is 4.25. The fraction of sp³-hybridized carbons (Fsp3) is 0.292. The van der Waals surface area contributed by atoms with Gasteiger partial charge < -0.3 is 14.2 Å². The zero-order valence-corrected chi connectivity index (χ0v) is 18.8. The summed E-state index contributed by atoms with van der Waals surface area (Å²) in [5, 5.41) is 9.94. The minimum Gasteiger partial charge on any atom is -0.497 e. The van der Waals surface area contributed by atoms with Crippen LogP contribution >= 0.6 is 0 Å². The van der Waals surface area contributed by atoms with E-state index in [1.54, 1.807) is 29.6 Å².